The fourth-order valence-electron chi connectivity index (χ4n) is 1.19. The van der Waals surface area contributed by atoms with E-state index in [2.05, 4.69) is 11.8 Å². The highest BCUT2D eigenvalue weighted by Gasteiger charge is 1.98. The molecule has 0 aromatic heterocycles. The number of hydrogen-bond donors (Lipinski definition) is 1. The smallest absolute Gasteiger partial charge is 0.0462 e. The van der Waals surface area contributed by atoms with Gasteiger partial charge in [-0.1, -0.05) is 6.92 Å². The minimum absolute atomic E-state index is 0.762. The highest BCUT2D eigenvalue weighted by molar-refractivity contribution is 4.55. The molecule has 0 fully saturated rings. The molecule has 0 atom stereocenters. The lowest BCUT2D eigenvalue weighted by Crippen LogP contribution is -2.30. The van der Waals surface area contributed by atoms with Crippen molar-refractivity contribution < 1.29 is 4.74 Å². The third kappa shape index (κ3) is 6.58. The van der Waals surface area contributed by atoms with Crippen molar-refractivity contribution in [2.75, 3.05) is 39.9 Å². The van der Waals surface area contributed by atoms with Gasteiger partial charge in [-0.05, 0) is 25.9 Å². The maximum Gasteiger partial charge on any atom is 0.0462 e. The van der Waals surface area contributed by atoms with Crippen LogP contribution in [0.2, 0.25) is 0 Å². The summed E-state index contributed by atoms with van der Waals surface area (Å²) in [5, 5.41) is 0. The Morgan fingerprint density at radius 2 is 2.00 bits per heavy atom. The highest BCUT2D eigenvalue weighted by atomic mass is 16.5. The molecule has 0 aliphatic carbocycles. The number of hydrogen-bond acceptors (Lipinski definition) is 3. The van der Waals surface area contributed by atoms with Crippen molar-refractivity contribution in [3.8, 4) is 0 Å². The first kappa shape index (κ1) is 11.9. The van der Waals surface area contributed by atoms with Gasteiger partial charge in [0.2, 0.25) is 0 Å². The number of ether oxygens (including phenoxy) is 1. The topological polar surface area (TPSA) is 38.5 Å². The van der Waals surface area contributed by atoms with Crippen molar-refractivity contribution in [2.45, 2.75) is 19.8 Å². The van der Waals surface area contributed by atoms with Crippen molar-refractivity contribution in [1.29, 1.82) is 0 Å². The van der Waals surface area contributed by atoms with Gasteiger partial charge in [-0.2, -0.15) is 0 Å². The summed E-state index contributed by atoms with van der Waals surface area (Å²) in [4.78, 5) is 2.37. The Morgan fingerprint density at radius 1 is 1.25 bits per heavy atom. The summed E-state index contributed by atoms with van der Waals surface area (Å²) < 4.78 is 4.97. The van der Waals surface area contributed by atoms with E-state index in [9.17, 15) is 0 Å². The molecule has 0 aliphatic rings. The first-order valence-corrected chi connectivity index (χ1v) is 4.76. The van der Waals surface area contributed by atoms with Gasteiger partial charge in [0, 0.05) is 26.8 Å². The Morgan fingerprint density at radius 3 is 2.50 bits per heavy atom. The van der Waals surface area contributed by atoms with Crippen LogP contribution in [0.5, 0.6) is 0 Å². The van der Waals surface area contributed by atoms with Crippen LogP contribution in [0.3, 0.4) is 0 Å². The van der Waals surface area contributed by atoms with Gasteiger partial charge in [0.15, 0.2) is 0 Å². The largest absolute Gasteiger partial charge is 0.385 e. The average Bonchev–Trinajstić information content (AvgIpc) is 2.10. The maximum atomic E-state index is 5.47. The van der Waals surface area contributed by atoms with Crippen LogP contribution in [0.15, 0.2) is 0 Å². The van der Waals surface area contributed by atoms with Crippen LogP contribution >= 0.6 is 0 Å². The predicted octanol–water partition coefficient (Wildman–Crippen LogP) is 0.694. The van der Waals surface area contributed by atoms with Crippen molar-refractivity contribution in [2.24, 2.45) is 5.73 Å². The lowest BCUT2D eigenvalue weighted by Gasteiger charge is -2.18. The van der Waals surface area contributed by atoms with Gasteiger partial charge in [-0.15, -0.1) is 0 Å². The molecule has 0 heterocycles. The average molecular weight is 174 g/mol. The predicted molar refractivity (Wildman–Crippen MR) is 52.3 cm³/mol. The fraction of sp³-hybridized carbons (Fsp3) is 1.00. The van der Waals surface area contributed by atoms with Crippen LogP contribution in [0.25, 0.3) is 0 Å². The normalized spacial score (nSPS) is 11.0. The molecule has 3 heteroatoms. The zero-order valence-corrected chi connectivity index (χ0v) is 8.38. The molecular formula is C9H22N2O. The van der Waals surface area contributed by atoms with Gasteiger partial charge in [-0.3, -0.25) is 0 Å². The Bertz CT molecular complexity index is 88.6. The minimum Gasteiger partial charge on any atom is -0.385 e. The van der Waals surface area contributed by atoms with Crippen LogP contribution in [0, 0.1) is 0 Å². The van der Waals surface area contributed by atoms with E-state index in [1.807, 2.05) is 0 Å². The van der Waals surface area contributed by atoms with E-state index in [0.717, 1.165) is 39.2 Å². The van der Waals surface area contributed by atoms with E-state index in [4.69, 9.17) is 10.5 Å². The van der Waals surface area contributed by atoms with Crippen LogP contribution in [-0.2, 0) is 4.74 Å². The molecule has 0 spiro atoms. The van der Waals surface area contributed by atoms with E-state index < -0.39 is 0 Å². The van der Waals surface area contributed by atoms with Gasteiger partial charge >= 0.3 is 0 Å². The molecule has 0 aromatic carbocycles. The lowest BCUT2D eigenvalue weighted by atomic mass is 10.3. The number of nitrogens with two attached hydrogens (primary N) is 1. The summed E-state index contributed by atoms with van der Waals surface area (Å²) in [7, 11) is 1.75. The molecule has 0 rings (SSSR count). The van der Waals surface area contributed by atoms with E-state index in [1.54, 1.807) is 7.11 Å². The van der Waals surface area contributed by atoms with Crippen LogP contribution in [0.1, 0.15) is 19.8 Å². The van der Waals surface area contributed by atoms with E-state index in [0.29, 0.717) is 0 Å². The SMILES string of the molecule is CCN(CCN)CCCCOC. The summed E-state index contributed by atoms with van der Waals surface area (Å²) in [6.07, 6.45) is 2.36. The zero-order valence-electron chi connectivity index (χ0n) is 8.38. The Balaban J connectivity index is 3.19. The van der Waals surface area contributed by atoms with Crippen LogP contribution < -0.4 is 5.73 Å². The first-order chi connectivity index (χ1) is 5.85. The molecule has 3 nitrogen and oxygen atoms in total. The third-order valence-electron chi connectivity index (χ3n) is 1.97. The third-order valence-corrected chi connectivity index (χ3v) is 1.97. The number of unbranched alkanes of at least 4 members (excludes halogenated alkanes) is 1. The second-order valence-electron chi connectivity index (χ2n) is 2.92. The second-order valence-corrected chi connectivity index (χ2v) is 2.92. The molecule has 0 aliphatic heterocycles. The van der Waals surface area contributed by atoms with E-state index >= 15 is 0 Å². The number of nitrogens with zero attached hydrogens (tertiary/aromatic N) is 1. The summed E-state index contributed by atoms with van der Waals surface area (Å²) >= 11 is 0. The Kier molecular flexibility index (Phi) is 8.88. The number of likely N-dealkylation sites (N-methyl/N-ethyl adjacent to an activating group) is 1. The molecule has 0 saturated carbocycles. The molecule has 0 bridgehead atoms. The van der Waals surface area contributed by atoms with Crippen molar-refractivity contribution >= 4 is 0 Å². The first-order valence-electron chi connectivity index (χ1n) is 4.76. The molecule has 0 unspecified atom stereocenters. The molecular weight excluding hydrogens is 152 g/mol. The second kappa shape index (κ2) is 8.97. The fourth-order valence-corrected chi connectivity index (χ4v) is 1.19. The maximum absolute atomic E-state index is 5.47. The van der Waals surface area contributed by atoms with Crippen LogP contribution in [-0.4, -0.2) is 44.8 Å². The number of rotatable bonds is 8. The molecule has 0 aromatic rings. The van der Waals surface area contributed by atoms with E-state index in [1.165, 1.54) is 6.42 Å². The highest BCUT2D eigenvalue weighted by Crippen LogP contribution is 1.94. The quantitative estimate of drug-likeness (QED) is 0.550. The minimum atomic E-state index is 0.762. The van der Waals surface area contributed by atoms with Gasteiger partial charge in [-0.25, -0.2) is 0 Å². The number of methoxy groups -OCH3 is 1. The summed E-state index contributed by atoms with van der Waals surface area (Å²) in [5.74, 6) is 0. The molecule has 0 amide bonds. The summed E-state index contributed by atoms with van der Waals surface area (Å²) in [5.41, 5.74) is 5.47. The molecule has 0 radical (unpaired) electrons. The van der Waals surface area contributed by atoms with Gasteiger partial charge in [0.25, 0.3) is 0 Å². The monoisotopic (exact) mass is 174 g/mol. The van der Waals surface area contributed by atoms with Crippen LogP contribution in [0.4, 0.5) is 0 Å². The lowest BCUT2D eigenvalue weighted by molar-refractivity contribution is 0.185. The Hall–Kier alpha value is -0.120. The molecule has 2 N–H and O–H groups in total. The van der Waals surface area contributed by atoms with Gasteiger partial charge in [0.1, 0.15) is 0 Å². The van der Waals surface area contributed by atoms with Crippen molar-refractivity contribution in [3.05, 3.63) is 0 Å². The summed E-state index contributed by atoms with van der Waals surface area (Å²) in [6.45, 7) is 7.08. The molecule has 74 valence electrons. The van der Waals surface area contributed by atoms with Crippen molar-refractivity contribution in [1.82, 2.24) is 4.90 Å². The molecule has 0 saturated heterocycles. The Labute approximate surface area is 75.9 Å². The van der Waals surface area contributed by atoms with E-state index in [-0.39, 0.29) is 0 Å². The molecule has 12 heavy (non-hydrogen) atoms. The zero-order chi connectivity index (χ0) is 9.23. The van der Waals surface area contributed by atoms with Gasteiger partial charge < -0.3 is 15.4 Å². The summed E-state index contributed by atoms with van der Waals surface area (Å²) in [6, 6.07) is 0. The standard InChI is InChI=1S/C9H22N2O/c1-3-11(8-6-10)7-4-5-9-12-2/h3-10H2,1-2H3. The van der Waals surface area contributed by atoms with Gasteiger partial charge in [0.05, 0.1) is 0 Å². The van der Waals surface area contributed by atoms with Crippen molar-refractivity contribution in [3.63, 3.8) is 0 Å².